The van der Waals surface area contributed by atoms with Gasteiger partial charge in [0.1, 0.15) is 6.04 Å². The van der Waals surface area contributed by atoms with E-state index in [0.29, 0.717) is 0 Å². The van der Waals surface area contributed by atoms with Gasteiger partial charge < -0.3 is 0 Å². The zero-order valence-electron chi connectivity index (χ0n) is 11.9. The lowest BCUT2D eigenvalue weighted by molar-refractivity contribution is -0.135. The normalized spacial score (nSPS) is 16.3. The number of hydroxylamine groups is 1. The molecule has 0 bridgehead atoms. The van der Waals surface area contributed by atoms with Gasteiger partial charge >= 0.3 is 0 Å². The van der Waals surface area contributed by atoms with Crippen LogP contribution in [0, 0.1) is 6.92 Å². The molecule has 0 spiro atoms. The number of rotatable bonds is 3. The fraction of sp³-hybridized carbons (Fsp3) is 0.312. The van der Waals surface area contributed by atoms with Crippen molar-refractivity contribution in [3.8, 4) is 0 Å². The molecule has 0 saturated heterocycles. The molecule has 1 aliphatic rings. The van der Waals surface area contributed by atoms with Crippen LogP contribution in [-0.4, -0.2) is 22.6 Å². The van der Waals surface area contributed by atoms with E-state index in [9.17, 15) is 4.79 Å². The van der Waals surface area contributed by atoms with E-state index in [1.807, 2.05) is 36.7 Å². The van der Waals surface area contributed by atoms with Gasteiger partial charge in [-0.2, -0.15) is 0 Å². The van der Waals surface area contributed by atoms with Crippen LogP contribution in [0.15, 0.2) is 35.7 Å². The van der Waals surface area contributed by atoms with Crippen LogP contribution in [0.5, 0.6) is 0 Å². The molecule has 1 amide bonds. The van der Waals surface area contributed by atoms with E-state index in [0.717, 1.165) is 30.6 Å². The third kappa shape index (κ3) is 2.85. The van der Waals surface area contributed by atoms with Crippen molar-refractivity contribution in [2.45, 2.75) is 25.9 Å². The van der Waals surface area contributed by atoms with Gasteiger partial charge in [0.15, 0.2) is 0 Å². The van der Waals surface area contributed by atoms with Gasteiger partial charge in [-0.15, -0.1) is 11.3 Å². The lowest BCUT2D eigenvalue weighted by Gasteiger charge is -2.33. The summed E-state index contributed by atoms with van der Waals surface area (Å²) in [6.07, 6.45) is 0.952. The Bertz CT molecular complexity index is 636. The number of hydrogen-bond donors (Lipinski definition) is 2. The topological polar surface area (TPSA) is 52.6 Å². The number of aryl methyl sites for hydroxylation is 1. The molecule has 110 valence electrons. The zero-order chi connectivity index (χ0) is 14.8. The number of carbonyl (C=O) groups excluding carboxylic acids is 1. The third-order valence-electron chi connectivity index (χ3n) is 3.95. The molecule has 0 saturated carbocycles. The molecule has 1 aromatic heterocycles. The lowest BCUT2D eigenvalue weighted by atomic mass is 10.00. The number of nitrogens with zero attached hydrogens (tertiary/aromatic N) is 1. The SMILES string of the molecule is Cc1ccc(C(C(=O)NO)N2CCc3sccc3C2)cc1. The molecule has 21 heavy (non-hydrogen) atoms. The summed E-state index contributed by atoms with van der Waals surface area (Å²) in [5, 5.41) is 11.2. The minimum absolute atomic E-state index is 0.377. The molecule has 1 atom stereocenters. The van der Waals surface area contributed by atoms with Gasteiger partial charge in [0.25, 0.3) is 5.91 Å². The van der Waals surface area contributed by atoms with Crippen LogP contribution in [0.1, 0.15) is 27.6 Å². The quantitative estimate of drug-likeness (QED) is 0.677. The Morgan fingerprint density at radius 1 is 1.33 bits per heavy atom. The molecule has 0 aliphatic carbocycles. The summed E-state index contributed by atoms with van der Waals surface area (Å²) in [7, 11) is 0. The highest BCUT2D eigenvalue weighted by atomic mass is 32.1. The van der Waals surface area contributed by atoms with E-state index in [4.69, 9.17) is 5.21 Å². The molecule has 1 unspecified atom stereocenters. The van der Waals surface area contributed by atoms with Crippen molar-refractivity contribution >= 4 is 17.2 Å². The molecule has 2 aromatic rings. The molecule has 3 rings (SSSR count). The molecular weight excluding hydrogens is 284 g/mol. The van der Waals surface area contributed by atoms with Crippen molar-refractivity contribution in [1.82, 2.24) is 10.4 Å². The average molecular weight is 302 g/mol. The van der Waals surface area contributed by atoms with Crippen molar-refractivity contribution in [2.24, 2.45) is 0 Å². The first-order chi connectivity index (χ1) is 10.2. The van der Waals surface area contributed by atoms with Gasteiger partial charge in [-0.05, 0) is 35.9 Å². The van der Waals surface area contributed by atoms with E-state index in [1.54, 1.807) is 11.3 Å². The largest absolute Gasteiger partial charge is 0.289 e. The first-order valence-electron chi connectivity index (χ1n) is 6.99. The number of hydrogen-bond acceptors (Lipinski definition) is 4. The highest BCUT2D eigenvalue weighted by Crippen LogP contribution is 2.30. The maximum atomic E-state index is 12.1. The average Bonchev–Trinajstić information content (AvgIpc) is 2.97. The van der Waals surface area contributed by atoms with Gasteiger partial charge in [-0.3, -0.25) is 14.9 Å². The number of carbonyl (C=O) groups is 1. The molecule has 4 nitrogen and oxygen atoms in total. The van der Waals surface area contributed by atoms with Gasteiger partial charge in [-0.1, -0.05) is 29.8 Å². The summed E-state index contributed by atoms with van der Waals surface area (Å²) < 4.78 is 0. The Morgan fingerprint density at radius 3 is 2.81 bits per heavy atom. The van der Waals surface area contributed by atoms with Crippen molar-refractivity contribution < 1.29 is 10.0 Å². The molecule has 2 N–H and O–H groups in total. The smallest absolute Gasteiger partial charge is 0.265 e. The number of nitrogens with one attached hydrogen (secondary N) is 1. The predicted octanol–water partition coefficient (Wildman–Crippen LogP) is 2.66. The van der Waals surface area contributed by atoms with Crippen molar-refractivity contribution in [3.05, 3.63) is 57.3 Å². The first-order valence-corrected chi connectivity index (χ1v) is 7.87. The monoisotopic (exact) mass is 302 g/mol. The minimum atomic E-state index is -0.455. The van der Waals surface area contributed by atoms with E-state index >= 15 is 0 Å². The van der Waals surface area contributed by atoms with Gasteiger partial charge in [-0.25, -0.2) is 5.48 Å². The number of fused-ring (bicyclic) bond motifs is 1. The Hall–Kier alpha value is -1.69. The summed E-state index contributed by atoms with van der Waals surface area (Å²) in [6, 6.07) is 9.56. The Morgan fingerprint density at radius 2 is 2.10 bits per heavy atom. The molecule has 0 fully saturated rings. The highest BCUT2D eigenvalue weighted by molar-refractivity contribution is 7.10. The molecule has 5 heteroatoms. The van der Waals surface area contributed by atoms with E-state index < -0.39 is 6.04 Å². The van der Waals surface area contributed by atoms with E-state index in [2.05, 4.69) is 16.3 Å². The highest BCUT2D eigenvalue weighted by Gasteiger charge is 2.30. The van der Waals surface area contributed by atoms with Gasteiger partial charge in [0, 0.05) is 18.0 Å². The van der Waals surface area contributed by atoms with E-state index in [1.165, 1.54) is 10.4 Å². The van der Waals surface area contributed by atoms with Crippen LogP contribution in [-0.2, 0) is 17.8 Å². The maximum absolute atomic E-state index is 12.1. The number of amides is 1. The molecule has 1 aromatic carbocycles. The van der Waals surface area contributed by atoms with Gasteiger partial charge in [0.2, 0.25) is 0 Å². The summed E-state index contributed by atoms with van der Waals surface area (Å²) in [5.41, 5.74) is 5.16. The summed E-state index contributed by atoms with van der Waals surface area (Å²) in [5.74, 6) is -0.377. The van der Waals surface area contributed by atoms with Crippen LogP contribution < -0.4 is 5.48 Å². The second kappa shape index (κ2) is 5.97. The third-order valence-corrected chi connectivity index (χ3v) is 4.98. The maximum Gasteiger partial charge on any atom is 0.265 e. The van der Waals surface area contributed by atoms with Crippen LogP contribution in [0.3, 0.4) is 0 Å². The van der Waals surface area contributed by atoms with Crippen molar-refractivity contribution in [1.29, 1.82) is 0 Å². The molecule has 1 aliphatic heterocycles. The lowest BCUT2D eigenvalue weighted by Crippen LogP contribution is -2.41. The molecule has 2 heterocycles. The van der Waals surface area contributed by atoms with Crippen LogP contribution in [0.4, 0.5) is 0 Å². The van der Waals surface area contributed by atoms with Gasteiger partial charge in [0.05, 0.1) is 0 Å². The first kappa shape index (κ1) is 14.3. The number of benzene rings is 1. The zero-order valence-corrected chi connectivity index (χ0v) is 12.7. The Kier molecular flexibility index (Phi) is 4.05. The second-order valence-electron chi connectivity index (χ2n) is 5.38. The molecular formula is C16H18N2O2S. The summed E-state index contributed by atoms with van der Waals surface area (Å²) in [4.78, 5) is 15.7. The fourth-order valence-electron chi connectivity index (χ4n) is 2.83. The van der Waals surface area contributed by atoms with Crippen LogP contribution in [0.2, 0.25) is 0 Å². The minimum Gasteiger partial charge on any atom is -0.289 e. The second-order valence-corrected chi connectivity index (χ2v) is 6.38. The van der Waals surface area contributed by atoms with Crippen LogP contribution >= 0.6 is 11.3 Å². The van der Waals surface area contributed by atoms with Crippen molar-refractivity contribution in [2.75, 3.05) is 6.54 Å². The Balaban J connectivity index is 1.90. The fourth-order valence-corrected chi connectivity index (χ4v) is 3.72. The predicted molar refractivity (Wildman–Crippen MR) is 82.3 cm³/mol. The summed E-state index contributed by atoms with van der Waals surface area (Å²) in [6.45, 7) is 3.58. The van der Waals surface area contributed by atoms with Crippen molar-refractivity contribution in [3.63, 3.8) is 0 Å². The Labute approximate surface area is 128 Å². The summed E-state index contributed by atoms with van der Waals surface area (Å²) >= 11 is 1.77. The molecule has 0 radical (unpaired) electrons. The van der Waals surface area contributed by atoms with E-state index in [-0.39, 0.29) is 5.91 Å². The standard InChI is InChI=1S/C16H18N2O2S/c1-11-2-4-12(5-3-11)15(16(19)17-20)18-8-6-14-13(10-18)7-9-21-14/h2-5,7,9,15,20H,6,8,10H2,1H3,(H,17,19). The number of thiophene rings is 1. The van der Waals surface area contributed by atoms with Crippen LogP contribution in [0.25, 0.3) is 0 Å².